The number of aromatic nitrogens is 1. The number of carbonyl (C=O) groups is 1. The smallest absolute Gasteiger partial charge is 0.263 e. The average molecular weight is 373 g/mol. The third kappa shape index (κ3) is 4.01. The van der Waals surface area contributed by atoms with Crippen LogP contribution in [0.5, 0.6) is 0 Å². The van der Waals surface area contributed by atoms with Crippen molar-refractivity contribution in [1.29, 1.82) is 0 Å². The van der Waals surface area contributed by atoms with Crippen LogP contribution in [0.2, 0.25) is 0 Å². The van der Waals surface area contributed by atoms with Crippen molar-refractivity contribution in [3.8, 4) is 0 Å². The zero-order valence-electron chi connectivity index (χ0n) is 15.1. The molecule has 0 saturated carbocycles. The van der Waals surface area contributed by atoms with Crippen LogP contribution in [0.25, 0.3) is 0 Å². The lowest BCUT2D eigenvalue weighted by atomic mass is 9.95. The molecule has 1 N–H and O–H groups in total. The molecule has 0 spiro atoms. The molecule has 1 atom stereocenters. The Balaban J connectivity index is 1.90. The van der Waals surface area contributed by atoms with E-state index >= 15 is 0 Å². The number of pyridine rings is 1. The summed E-state index contributed by atoms with van der Waals surface area (Å²) in [4.78, 5) is 25.6. The van der Waals surface area contributed by atoms with Crippen LogP contribution in [0.3, 0.4) is 0 Å². The molecule has 1 heterocycles. The predicted octanol–water partition coefficient (Wildman–Crippen LogP) is 3.75. The molecule has 1 aliphatic rings. The van der Waals surface area contributed by atoms with Gasteiger partial charge in [-0.05, 0) is 42.9 Å². The highest BCUT2D eigenvalue weighted by Gasteiger charge is 2.21. The maximum absolute atomic E-state index is 12.8. The van der Waals surface area contributed by atoms with Gasteiger partial charge in [0.1, 0.15) is 5.56 Å². The highest BCUT2D eigenvalue weighted by Crippen LogP contribution is 2.20. The third-order valence-electron chi connectivity index (χ3n) is 5.15. The first-order valence-corrected chi connectivity index (χ1v) is 9.79. The number of benzene rings is 1. The van der Waals surface area contributed by atoms with Crippen LogP contribution in [-0.4, -0.2) is 16.4 Å². The van der Waals surface area contributed by atoms with Crippen molar-refractivity contribution < 1.29 is 4.79 Å². The Bertz CT molecular complexity index is 830. The van der Waals surface area contributed by atoms with E-state index in [-0.39, 0.29) is 29.0 Å². The van der Waals surface area contributed by atoms with E-state index in [9.17, 15) is 9.59 Å². The number of hydrogen-bond acceptors (Lipinski definition) is 2. The van der Waals surface area contributed by atoms with Gasteiger partial charge in [0, 0.05) is 18.6 Å². The van der Waals surface area contributed by atoms with E-state index in [1.54, 1.807) is 17.7 Å². The molecule has 2 aromatic rings. The van der Waals surface area contributed by atoms with Crippen molar-refractivity contribution >= 4 is 17.5 Å². The molecule has 0 unspecified atom stereocenters. The van der Waals surface area contributed by atoms with Crippen molar-refractivity contribution in [3.63, 3.8) is 0 Å². The largest absolute Gasteiger partial charge is 0.344 e. The Kier molecular flexibility index (Phi) is 6.15. The molecule has 1 amide bonds. The first-order valence-electron chi connectivity index (χ1n) is 9.25. The molecule has 1 aliphatic carbocycles. The van der Waals surface area contributed by atoms with Gasteiger partial charge >= 0.3 is 0 Å². The van der Waals surface area contributed by atoms with Crippen LogP contribution in [0.4, 0.5) is 0 Å². The van der Waals surface area contributed by atoms with Gasteiger partial charge in [-0.2, -0.15) is 0 Å². The summed E-state index contributed by atoms with van der Waals surface area (Å²) < 4.78 is 1.66. The van der Waals surface area contributed by atoms with Gasteiger partial charge in [-0.1, -0.05) is 43.2 Å². The Hall–Kier alpha value is -2.07. The summed E-state index contributed by atoms with van der Waals surface area (Å²) in [5.74, 6) is -0.106. The SMILES string of the molecule is Cn1c2c(cc(C(=O)N[C@@H](CCl)c3ccccc3)c1=O)CCCCCC2. The summed E-state index contributed by atoms with van der Waals surface area (Å²) >= 11 is 6.06. The second-order valence-electron chi connectivity index (χ2n) is 6.90. The summed E-state index contributed by atoms with van der Waals surface area (Å²) in [6, 6.07) is 11.1. The minimum atomic E-state index is -0.357. The van der Waals surface area contributed by atoms with E-state index < -0.39 is 0 Å². The number of nitrogens with zero attached hydrogens (tertiary/aromatic N) is 1. The third-order valence-corrected chi connectivity index (χ3v) is 5.45. The van der Waals surface area contributed by atoms with Gasteiger partial charge in [-0.25, -0.2) is 0 Å². The minimum absolute atomic E-state index is 0.206. The predicted molar refractivity (Wildman–Crippen MR) is 105 cm³/mol. The molecular formula is C21H25ClN2O2. The molecule has 5 heteroatoms. The lowest BCUT2D eigenvalue weighted by Crippen LogP contribution is -2.36. The molecule has 0 saturated heterocycles. The zero-order valence-corrected chi connectivity index (χ0v) is 15.9. The van der Waals surface area contributed by atoms with Crippen molar-refractivity contribution in [2.24, 2.45) is 7.05 Å². The number of amides is 1. The van der Waals surface area contributed by atoms with E-state index in [2.05, 4.69) is 5.32 Å². The van der Waals surface area contributed by atoms with Gasteiger partial charge in [0.05, 0.1) is 6.04 Å². The maximum atomic E-state index is 12.8. The fourth-order valence-electron chi connectivity index (χ4n) is 3.64. The fourth-order valence-corrected chi connectivity index (χ4v) is 3.89. The molecule has 0 fully saturated rings. The molecule has 26 heavy (non-hydrogen) atoms. The van der Waals surface area contributed by atoms with E-state index in [4.69, 9.17) is 11.6 Å². The lowest BCUT2D eigenvalue weighted by Gasteiger charge is -2.20. The second kappa shape index (κ2) is 8.54. The Morgan fingerprint density at radius 3 is 2.54 bits per heavy atom. The van der Waals surface area contributed by atoms with Crippen LogP contribution < -0.4 is 10.9 Å². The molecule has 0 aliphatic heterocycles. The Morgan fingerprint density at radius 1 is 1.15 bits per heavy atom. The number of hydrogen-bond donors (Lipinski definition) is 1. The zero-order chi connectivity index (χ0) is 18.5. The van der Waals surface area contributed by atoms with E-state index in [0.29, 0.717) is 0 Å². The number of aryl methyl sites for hydroxylation is 1. The summed E-state index contributed by atoms with van der Waals surface area (Å²) in [5.41, 5.74) is 3.10. The fraction of sp³-hybridized carbons (Fsp3) is 0.429. The average Bonchev–Trinajstić information content (AvgIpc) is 2.64. The van der Waals surface area contributed by atoms with Gasteiger partial charge in [-0.3, -0.25) is 9.59 Å². The van der Waals surface area contributed by atoms with E-state index in [1.807, 2.05) is 30.3 Å². The number of rotatable bonds is 4. The molecule has 4 nitrogen and oxygen atoms in total. The number of nitrogens with one attached hydrogen (secondary N) is 1. The monoisotopic (exact) mass is 372 g/mol. The molecule has 1 aromatic heterocycles. The lowest BCUT2D eigenvalue weighted by molar-refractivity contribution is 0.0938. The Labute approximate surface area is 159 Å². The standard InChI is InChI=1S/C21H25ClN2O2/c1-24-19-12-8-3-2-5-11-16(19)13-17(21(24)26)20(25)23-18(14-22)15-9-6-4-7-10-15/h4,6-7,9-10,13,18H,2-3,5,8,11-12,14H2,1H3,(H,23,25)/t18-/m0/s1. The quantitative estimate of drug-likeness (QED) is 0.831. The van der Waals surface area contributed by atoms with Gasteiger partial charge in [0.15, 0.2) is 0 Å². The van der Waals surface area contributed by atoms with Crippen molar-refractivity contribution in [3.05, 3.63) is 69.1 Å². The maximum Gasteiger partial charge on any atom is 0.263 e. The van der Waals surface area contributed by atoms with Crippen molar-refractivity contribution in [1.82, 2.24) is 9.88 Å². The summed E-state index contributed by atoms with van der Waals surface area (Å²) in [6.07, 6.45) is 6.41. The number of carbonyl (C=O) groups excluding carboxylic acids is 1. The molecule has 3 rings (SSSR count). The van der Waals surface area contributed by atoms with Gasteiger partial charge in [0.2, 0.25) is 0 Å². The summed E-state index contributed by atoms with van der Waals surface area (Å²) in [6.45, 7) is 0. The first-order chi connectivity index (χ1) is 12.6. The number of halogens is 1. The van der Waals surface area contributed by atoms with Crippen LogP contribution in [0, 0.1) is 0 Å². The molecular weight excluding hydrogens is 348 g/mol. The van der Waals surface area contributed by atoms with E-state index in [1.165, 1.54) is 12.8 Å². The summed E-state index contributed by atoms with van der Waals surface area (Å²) in [5, 5.41) is 2.92. The van der Waals surface area contributed by atoms with Crippen LogP contribution in [0.15, 0.2) is 41.2 Å². The second-order valence-corrected chi connectivity index (χ2v) is 7.21. The van der Waals surface area contributed by atoms with Gasteiger partial charge < -0.3 is 9.88 Å². The van der Waals surface area contributed by atoms with Gasteiger partial charge in [0.25, 0.3) is 11.5 Å². The topological polar surface area (TPSA) is 51.1 Å². The van der Waals surface area contributed by atoms with E-state index in [0.717, 1.165) is 42.5 Å². The van der Waals surface area contributed by atoms with Crippen LogP contribution >= 0.6 is 11.6 Å². The van der Waals surface area contributed by atoms with Gasteiger partial charge in [-0.15, -0.1) is 11.6 Å². The molecule has 0 bridgehead atoms. The molecule has 0 radical (unpaired) electrons. The highest BCUT2D eigenvalue weighted by molar-refractivity contribution is 6.18. The van der Waals surface area contributed by atoms with Crippen molar-refractivity contribution in [2.45, 2.75) is 44.6 Å². The molecule has 138 valence electrons. The first kappa shape index (κ1) is 18.7. The van der Waals surface area contributed by atoms with Crippen LogP contribution in [0.1, 0.15) is 58.9 Å². The summed E-state index contributed by atoms with van der Waals surface area (Å²) in [7, 11) is 1.77. The number of fused-ring (bicyclic) bond motifs is 1. The molecule has 1 aromatic carbocycles. The van der Waals surface area contributed by atoms with Crippen molar-refractivity contribution in [2.75, 3.05) is 5.88 Å². The number of alkyl halides is 1. The Morgan fingerprint density at radius 2 is 1.85 bits per heavy atom. The highest BCUT2D eigenvalue weighted by atomic mass is 35.5. The normalized spacial score (nSPS) is 15.5. The minimum Gasteiger partial charge on any atom is -0.344 e. The van der Waals surface area contributed by atoms with Crippen LogP contribution in [-0.2, 0) is 19.9 Å².